The number of rotatable bonds is 3. The number of benzene rings is 2. The van der Waals surface area contributed by atoms with Crippen molar-refractivity contribution in [2.24, 2.45) is 10.9 Å². The predicted molar refractivity (Wildman–Crippen MR) is 127 cm³/mol. The van der Waals surface area contributed by atoms with Gasteiger partial charge in [0.2, 0.25) is 0 Å². The average molecular weight is 518 g/mol. The largest absolute Gasteiger partial charge is 0.442 e. The number of hydrogen-bond donors (Lipinski definition) is 0. The Morgan fingerprint density at radius 2 is 1.94 bits per heavy atom. The van der Waals surface area contributed by atoms with Crippen LogP contribution in [-0.4, -0.2) is 20.2 Å². The summed E-state index contributed by atoms with van der Waals surface area (Å²) in [5.74, 6) is 1.63. The molecule has 3 aliphatic carbocycles. The Hall–Kier alpha value is -2.74. The molecule has 0 saturated heterocycles. The number of oxazole rings is 1. The number of imidazole rings is 1. The van der Waals surface area contributed by atoms with Crippen LogP contribution in [0, 0.1) is 9.49 Å². The Kier molecular flexibility index (Phi) is 3.69. The number of aromatic nitrogens is 3. The zero-order valence-corrected chi connectivity index (χ0v) is 18.9. The van der Waals surface area contributed by atoms with E-state index in [1.54, 1.807) is 6.20 Å². The summed E-state index contributed by atoms with van der Waals surface area (Å²) in [7, 11) is 0. The van der Waals surface area contributed by atoms with E-state index in [0.717, 1.165) is 28.7 Å². The molecule has 6 heteroatoms. The first-order valence-corrected chi connectivity index (χ1v) is 11.7. The van der Waals surface area contributed by atoms with Crippen molar-refractivity contribution >= 4 is 28.3 Å². The fourth-order valence-corrected chi connectivity index (χ4v) is 6.13. The van der Waals surface area contributed by atoms with Crippen LogP contribution in [0.1, 0.15) is 41.6 Å². The van der Waals surface area contributed by atoms with Crippen LogP contribution in [0.3, 0.4) is 0 Å². The number of hydrogen-bond acceptors (Lipinski definition) is 4. The van der Waals surface area contributed by atoms with Gasteiger partial charge < -0.3 is 4.42 Å². The van der Waals surface area contributed by atoms with Crippen LogP contribution in [0.15, 0.2) is 70.8 Å². The molecule has 3 fully saturated rings. The van der Waals surface area contributed by atoms with E-state index in [-0.39, 0.29) is 0 Å². The van der Waals surface area contributed by atoms with Crippen LogP contribution in [-0.2, 0) is 12.0 Å². The summed E-state index contributed by atoms with van der Waals surface area (Å²) in [6.07, 6.45) is 9.07. The van der Waals surface area contributed by atoms with Crippen LogP contribution < -0.4 is 0 Å². The fraction of sp³-hybridized carbons (Fsp3) is 0.240. The summed E-state index contributed by atoms with van der Waals surface area (Å²) in [6, 6.07) is 15.5. The Morgan fingerprint density at radius 1 is 1.06 bits per heavy atom. The van der Waals surface area contributed by atoms with Crippen molar-refractivity contribution in [1.82, 2.24) is 14.5 Å². The maximum Gasteiger partial charge on any atom is 0.181 e. The molecule has 3 heterocycles. The lowest BCUT2D eigenvalue weighted by molar-refractivity contribution is -0.0274. The Labute approximate surface area is 193 Å². The second-order valence-electron chi connectivity index (χ2n) is 8.91. The molecule has 4 aliphatic rings. The number of nitrogens with zero attached hydrogens (tertiary/aromatic N) is 4. The predicted octanol–water partition coefficient (Wildman–Crippen LogP) is 5.53. The Bertz CT molecular complexity index is 1350. The minimum atomic E-state index is 0.406. The monoisotopic (exact) mass is 518 g/mol. The van der Waals surface area contributed by atoms with Gasteiger partial charge in [-0.3, -0.25) is 9.56 Å². The third kappa shape index (κ3) is 2.51. The van der Waals surface area contributed by atoms with Gasteiger partial charge in [0.05, 0.1) is 29.8 Å². The van der Waals surface area contributed by atoms with E-state index >= 15 is 0 Å². The van der Waals surface area contributed by atoms with Gasteiger partial charge in [0.25, 0.3) is 0 Å². The van der Waals surface area contributed by atoms with Crippen molar-refractivity contribution < 1.29 is 4.42 Å². The second kappa shape index (κ2) is 6.38. The highest BCUT2D eigenvalue weighted by molar-refractivity contribution is 14.1. The molecule has 0 amide bonds. The number of fused-ring (bicyclic) bond motifs is 3. The van der Waals surface area contributed by atoms with Gasteiger partial charge >= 0.3 is 0 Å². The van der Waals surface area contributed by atoms with Crippen molar-refractivity contribution in [3.05, 3.63) is 87.3 Å². The quantitative estimate of drug-likeness (QED) is 0.335. The lowest BCUT2D eigenvalue weighted by atomic mass is 9.42. The summed E-state index contributed by atoms with van der Waals surface area (Å²) in [6.45, 7) is 0.535. The van der Waals surface area contributed by atoms with E-state index in [1.807, 2.05) is 6.33 Å². The highest BCUT2D eigenvalue weighted by atomic mass is 127. The molecule has 2 bridgehead atoms. The van der Waals surface area contributed by atoms with E-state index in [4.69, 9.17) is 9.41 Å². The molecule has 0 spiro atoms. The molecule has 5 nitrogen and oxygen atoms in total. The van der Waals surface area contributed by atoms with Crippen molar-refractivity contribution in [3.8, 4) is 17.1 Å². The van der Waals surface area contributed by atoms with Crippen molar-refractivity contribution in [2.75, 3.05) is 0 Å². The van der Waals surface area contributed by atoms with E-state index < -0.39 is 0 Å². The Balaban J connectivity index is 1.46. The van der Waals surface area contributed by atoms with Gasteiger partial charge in [0.15, 0.2) is 12.2 Å². The summed E-state index contributed by atoms with van der Waals surface area (Å²) < 4.78 is 8.94. The van der Waals surface area contributed by atoms with Crippen molar-refractivity contribution in [1.29, 1.82) is 0 Å². The van der Waals surface area contributed by atoms with Gasteiger partial charge in [-0.15, -0.1) is 0 Å². The van der Waals surface area contributed by atoms with Gasteiger partial charge in [-0.2, -0.15) is 0 Å². The van der Waals surface area contributed by atoms with Gasteiger partial charge in [-0.1, -0.05) is 24.3 Å². The molecule has 31 heavy (non-hydrogen) atoms. The molecular formula is C25H19IN4O. The molecular weight excluding hydrogens is 499 g/mol. The maximum atomic E-state index is 5.56. The zero-order valence-electron chi connectivity index (χ0n) is 16.8. The molecule has 0 N–H and O–H groups in total. The molecule has 152 valence electrons. The average Bonchev–Trinajstić information content (AvgIpc) is 3.34. The third-order valence-electron chi connectivity index (χ3n) is 7.21. The first-order chi connectivity index (χ1) is 15.2. The highest BCUT2D eigenvalue weighted by Crippen LogP contribution is 2.65. The van der Waals surface area contributed by atoms with Crippen LogP contribution in [0.25, 0.3) is 17.1 Å². The van der Waals surface area contributed by atoms with Crippen LogP contribution in [0.5, 0.6) is 0 Å². The van der Waals surface area contributed by atoms with E-state index in [9.17, 15) is 0 Å². The van der Waals surface area contributed by atoms with E-state index in [0.29, 0.717) is 17.7 Å². The summed E-state index contributed by atoms with van der Waals surface area (Å²) in [5, 5.41) is 0. The lowest BCUT2D eigenvalue weighted by Crippen LogP contribution is -2.55. The van der Waals surface area contributed by atoms with E-state index in [1.165, 1.54) is 45.9 Å². The van der Waals surface area contributed by atoms with Crippen molar-refractivity contribution in [2.45, 2.75) is 31.2 Å². The molecule has 0 radical (unpaired) electrons. The molecule has 3 saturated carbocycles. The lowest BCUT2D eigenvalue weighted by Gasteiger charge is -2.62. The molecule has 4 aromatic rings. The molecule has 0 unspecified atom stereocenters. The molecule has 8 rings (SSSR count). The van der Waals surface area contributed by atoms with Gasteiger partial charge in [0.1, 0.15) is 12.0 Å². The standard InChI is InChI=1S/C25H19IN4O/c26-19-4-2-1-3-17(19)23-18-7-16(25-8-15(9-25)10-25)5-6-20(18)30-13-29-24(21(30)11-28-23)22-12-27-14-31-22/h1-7,12-15H,8-11H2. The second-order valence-corrected chi connectivity index (χ2v) is 10.1. The van der Waals surface area contributed by atoms with Gasteiger partial charge in [-0.05, 0) is 76.9 Å². The highest BCUT2D eigenvalue weighted by Gasteiger charge is 2.57. The smallest absolute Gasteiger partial charge is 0.181 e. The first kappa shape index (κ1) is 17.9. The van der Waals surface area contributed by atoms with Crippen molar-refractivity contribution in [3.63, 3.8) is 0 Å². The normalized spacial score (nSPS) is 23.1. The molecule has 0 atom stereocenters. The summed E-state index contributed by atoms with van der Waals surface area (Å²) in [5.41, 5.74) is 8.25. The number of halogens is 1. The minimum Gasteiger partial charge on any atom is -0.442 e. The maximum absolute atomic E-state index is 5.56. The molecule has 2 aromatic carbocycles. The third-order valence-corrected chi connectivity index (χ3v) is 8.15. The van der Waals surface area contributed by atoms with Crippen LogP contribution in [0.2, 0.25) is 0 Å². The Morgan fingerprint density at radius 3 is 2.68 bits per heavy atom. The van der Waals surface area contributed by atoms with Crippen LogP contribution >= 0.6 is 22.6 Å². The van der Waals surface area contributed by atoms with E-state index in [2.05, 4.69) is 79.6 Å². The zero-order chi connectivity index (χ0) is 20.6. The SMILES string of the molecule is Ic1ccccc1C1=NCc2c(-c3cnco3)ncn2-c2ccc(C34CC(C3)C4)cc21. The van der Waals surface area contributed by atoms with Gasteiger partial charge in [0, 0.05) is 14.7 Å². The molecule has 2 aromatic heterocycles. The minimum absolute atomic E-state index is 0.406. The first-order valence-electron chi connectivity index (χ1n) is 10.6. The summed E-state index contributed by atoms with van der Waals surface area (Å²) in [4.78, 5) is 13.9. The van der Waals surface area contributed by atoms with Gasteiger partial charge in [-0.25, -0.2) is 9.97 Å². The fourth-order valence-electron chi connectivity index (χ4n) is 5.49. The summed E-state index contributed by atoms with van der Waals surface area (Å²) >= 11 is 2.42. The molecule has 1 aliphatic heterocycles. The topological polar surface area (TPSA) is 56.2 Å². The van der Waals surface area contributed by atoms with Crippen LogP contribution in [0.4, 0.5) is 0 Å². The number of aliphatic imine (C=N–C) groups is 1.